The second-order valence-electron chi connectivity index (χ2n) is 4.23. The van der Waals surface area contributed by atoms with Gasteiger partial charge in [-0.25, -0.2) is 4.39 Å². The highest BCUT2D eigenvalue weighted by Crippen LogP contribution is 2.22. The molecule has 0 bridgehead atoms. The van der Waals surface area contributed by atoms with Crippen LogP contribution in [0.15, 0.2) is 47.1 Å². The second kappa shape index (κ2) is 5.05. The third-order valence-corrected chi connectivity index (χ3v) is 3.70. The fourth-order valence-electron chi connectivity index (χ4n) is 1.90. The molecule has 0 radical (unpaired) electrons. The molecular weight excluding hydrogens is 325 g/mol. The largest absolute Gasteiger partial charge is 0.322 e. The first-order valence-corrected chi connectivity index (χ1v) is 6.63. The first-order valence-electron chi connectivity index (χ1n) is 5.83. The van der Waals surface area contributed by atoms with E-state index >= 15 is 0 Å². The zero-order valence-electron chi connectivity index (χ0n) is 10.2. The van der Waals surface area contributed by atoms with Crippen LogP contribution in [0.25, 0.3) is 10.9 Å². The number of carbonyl (C=O) groups is 1. The van der Waals surface area contributed by atoms with Gasteiger partial charge >= 0.3 is 0 Å². The van der Waals surface area contributed by atoms with E-state index in [1.807, 2.05) is 6.07 Å². The normalized spacial score (nSPS) is 10.7. The van der Waals surface area contributed by atoms with Crippen molar-refractivity contribution < 1.29 is 9.18 Å². The summed E-state index contributed by atoms with van der Waals surface area (Å²) in [6.45, 7) is 0. The molecule has 3 rings (SSSR count). The third kappa shape index (κ3) is 2.30. The lowest BCUT2D eigenvalue weighted by Crippen LogP contribution is -2.13. The second-order valence-corrected chi connectivity index (χ2v) is 5.02. The molecule has 1 amide bonds. The Hall–Kier alpha value is -2.21. The Morgan fingerprint density at radius 1 is 1.30 bits per heavy atom. The van der Waals surface area contributed by atoms with E-state index in [-0.39, 0.29) is 15.9 Å². The van der Waals surface area contributed by atoms with Crippen molar-refractivity contribution >= 4 is 38.4 Å². The topological polar surface area (TPSA) is 57.8 Å². The minimum Gasteiger partial charge on any atom is -0.322 e. The lowest BCUT2D eigenvalue weighted by molar-refractivity contribution is 0.102. The van der Waals surface area contributed by atoms with Gasteiger partial charge in [-0.2, -0.15) is 5.10 Å². The van der Waals surface area contributed by atoms with Gasteiger partial charge in [0.1, 0.15) is 5.82 Å². The number of H-pyrrole nitrogens is 1. The number of nitrogens with one attached hydrogen (secondary N) is 2. The van der Waals surface area contributed by atoms with Crippen LogP contribution in [0, 0.1) is 5.82 Å². The van der Waals surface area contributed by atoms with E-state index in [2.05, 4.69) is 31.4 Å². The van der Waals surface area contributed by atoms with Crippen LogP contribution >= 0.6 is 15.9 Å². The van der Waals surface area contributed by atoms with Gasteiger partial charge in [0.2, 0.25) is 0 Å². The predicted molar refractivity (Wildman–Crippen MR) is 78.1 cm³/mol. The first-order chi connectivity index (χ1) is 9.65. The molecule has 6 heteroatoms. The van der Waals surface area contributed by atoms with Crippen LogP contribution in [-0.2, 0) is 0 Å². The Morgan fingerprint density at radius 2 is 2.15 bits per heavy atom. The number of hydrogen-bond acceptors (Lipinski definition) is 2. The predicted octanol–water partition coefficient (Wildman–Crippen LogP) is 3.72. The number of carbonyl (C=O) groups excluding carboxylic acids is 1. The van der Waals surface area contributed by atoms with E-state index < -0.39 is 5.82 Å². The number of amides is 1. The molecule has 0 atom stereocenters. The molecule has 0 spiro atoms. The standard InChI is InChI=1S/C14H9BrFN3O/c15-13-10(2-1-3-11(13)16)14(20)18-9-4-5-12-8(6-9)7-17-19-12/h1-7H,(H,17,19)(H,18,20). The molecule has 2 aromatic carbocycles. The summed E-state index contributed by atoms with van der Waals surface area (Å²) in [5.41, 5.74) is 1.76. The molecule has 0 fully saturated rings. The van der Waals surface area contributed by atoms with E-state index in [4.69, 9.17) is 0 Å². The lowest BCUT2D eigenvalue weighted by atomic mass is 10.2. The van der Waals surface area contributed by atoms with E-state index in [9.17, 15) is 9.18 Å². The van der Waals surface area contributed by atoms with Crippen molar-refractivity contribution in [3.8, 4) is 0 Å². The third-order valence-electron chi connectivity index (χ3n) is 2.89. The van der Waals surface area contributed by atoms with Crippen molar-refractivity contribution in [3.05, 3.63) is 58.4 Å². The van der Waals surface area contributed by atoms with Crippen LogP contribution < -0.4 is 5.32 Å². The van der Waals surface area contributed by atoms with Gasteiger partial charge in [-0.1, -0.05) is 6.07 Å². The maximum Gasteiger partial charge on any atom is 0.256 e. The van der Waals surface area contributed by atoms with Crippen LogP contribution in [0.1, 0.15) is 10.4 Å². The van der Waals surface area contributed by atoms with Crippen LogP contribution in [0.4, 0.5) is 10.1 Å². The van der Waals surface area contributed by atoms with E-state index in [0.29, 0.717) is 5.69 Å². The van der Waals surface area contributed by atoms with Crippen LogP contribution in [0.2, 0.25) is 0 Å². The molecule has 100 valence electrons. The molecule has 0 aliphatic rings. The van der Waals surface area contributed by atoms with E-state index in [0.717, 1.165) is 10.9 Å². The summed E-state index contributed by atoms with van der Waals surface area (Å²) in [5.74, 6) is -0.845. The average Bonchev–Trinajstić information content (AvgIpc) is 2.89. The Labute approximate surface area is 122 Å². The van der Waals surface area contributed by atoms with Crippen molar-refractivity contribution in [3.63, 3.8) is 0 Å². The fourth-order valence-corrected chi connectivity index (χ4v) is 2.34. The number of benzene rings is 2. The molecule has 0 saturated heterocycles. The molecule has 0 aliphatic heterocycles. The highest BCUT2D eigenvalue weighted by atomic mass is 79.9. The van der Waals surface area contributed by atoms with Gasteiger partial charge in [0, 0.05) is 11.1 Å². The van der Waals surface area contributed by atoms with Gasteiger partial charge in [-0.05, 0) is 46.3 Å². The number of aromatic amines is 1. The monoisotopic (exact) mass is 333 g/mol. The highest BCUT2D eigenvalue weighted by molar-refractivity contribution is 9.10. The zero-order valence-corrected chi connectivity index (χ0v) is 11.7. The number of hydrogen-bond donors (Lipinski definition) is 2. The number of fused-ring (bicyclic) bond motifs is 1. The molecule has 0 unspecified atom stereocenters. The maximum absolute atomic E-state index is 13.4. The van der Waals surface area contributed by atoms with Crippen molar-refractivity contribution in [2.45, 2.75) is 0 Å². The summed E-state index contributed by atoms with van der Waals surface area (Å²) in [4.78, 5) is 12.1. The molecule has 4 nitrogen and oxygen atoms in total. The van der Waals surface area contributed by atoms with Crippen LogP contribution in [0.5, 0.6) is 0 Å². The van der Waals surface area contributed by atoms with Gasteiger partial charge < -0.3 is 5.32 Å². The molecule has 2 N–H and O–H groups in total. The van der Waals surface area contributed by atoms with Gasteiger partial charge in [-0.15, -0.1) is 0 Å². The van der Waals surface area contributed by atoms with Gasteiger partial charge in [-0.3, -0.25) is 9.89 Å². The fraction of sp³-hybridized carbons (Fsp3) is 0. The maximum atomic E-state index is 13.4. The van der Waals surface area contributed by atoms with Crippen molar-refractivity contribution in [1.82, 2.24) is 10.2 Å². The van der Waals surface area contributed by atoms with Crippen molar-refractivity contribution in [1.29, 1.82) is 0 Å². The Morgan fingerprint density at radius 3 is 3.00 bits per heavy atom. The molecule has 0 saturated carbocycles. The average molecular weight is 334 g/mol. The summed E-state index contributed by atoms with van der Waals surface area (Å²) < 4.78 is 13.6. The first kappa shape index (κ1) is 12.8. The highest BCUT2D eigenvalue weighted by Gasteiger charge is 2.13. The molecule has 20 heavy (non-hydrogen) atoms. The Kier molecular flexibility index (Phi) is 3.23. The minimum absolute atomic E-state index is 0.155. The van der Waals surface area contributed by atoms with Crippen LogP contribution in [0.3, 0.4) is 0 Å². The Bertz CT molecular complexity index is 800. The number of nitrogens with zero attached hydrogens (tertiary/aromatic N) is 1. The number of halogens is 2. The van der Waals surface area contributed by atoms with E-state index in [1.165, 1.54) is 12.1 Å². The Balaban J connectivity index is 1.90. The molecule has 0 aliphatic carbocycles. The SMILES string of the molecule is O=C(Nc1ccc2[nH]ncc2c1)c1cccc(F)c1Br. The smallest absolute Gasteiger partial charge is 0.256 e. The number of anilines is 1. The van der Waals surface area contributed by atoms with E-state index in [1.54, 1.807) is 24.4 Å². The van der Waals surface area contributed by atoms with Crippen molar-refractivity contribution in [2.24, 2.45) is 0 Å². The quantitative estimate of drug-likeness (QED) is 0.750. The molecule has 1 aromatic heterocycles. The molecular formula is C14H9BrFN3O. The zero-order chi connectivity index (χ0) is 14.1. The summed E-state index contributed by atoms with van der Waals surface area (Å²) in [6.07, 6.45) is 1.67. The van der Waals surface area contributed by atoms with Gasteiger partial charge in [0.25, 0.3) is 5.91 Å². The summed E-state index contributed by atoms with van der Waals surface area (Å²) >= 11 is 3.08. The van der Waals surface area contributed by atoms with Gasteiger partial charge in [0.15, 0.2) is 0 Å². The molecule has 3 aromatic rings. The number of aromatic nitrogens is 2. The van der Waals surface area contributed by atoms with Crippen molar-refractivity contribution in [2.75, 3.05) is 5.32 Å². The lowest BCUT2D eigenvalue weighted by Gasteiger charge is -2.07. The summed E-state index contributed by atoms with van der Waals surface area (Å²) in [6, 6.07) is 9.71. The summed E-state index contributed by atoms with van der Waals surface area (Å²) in [7, 11) is 0. The van der Waals surface area contributed by atoms with Crippen LogP contribution in [-0.4, -0.2) is 16.1 Å². The summed E-state index contributed by atoms with van der Waals surface area (Å²) in [5, 5.41) is 10.4. The number of rotatable bonds is 2. The van der Waals surface area contributed by atoms with Gasteiger partial charge in [0.05, 0.1) is 21.7 Å². The minimum atomic E-state index is -0.470. The molecule has 1 heterocycles.